The molecule has 1 heterocycles. The first kappa shape index (κ1) is 30.0. The van der Waals surface area contributed by atoms with Gasteiger partial charge in [-0.15, -0.1) is 24.0 Å². The minimum atomic E-state index is -0.527. The van der Waals surface area contributed by atoms with Gasteiger partial charge in [-0.3, -0.25) is 9.69 Å². The average molecular weight is 614 g/mol. The van der Waals surface area contributed by atoms with Crippen molar-refractivity contribution in [1.29, 1.82) is 0 Å². The summed E-state index contributed by atoms with van der Waals surface area (Å²) in [6, 6.07) is 10.1. The Hall–Kier alpha value is -2.20. The van der Waals surface area contributed by atoms with Gasteiger partial charge >= 0.3 is 5.97 Å². The van der Waals surface area contributed by atoms with Crippen molar-refractivity contribution >= 4 is 29.9 Å². The van der Waals surface area contributed by atoms with Gasteiger partial charge in [-0.1, -0.05) is 6.07 Å². The third kappa shape index (κ3) is 6.56. The van der Waals surface area contributed by atoms with E-state index in [1.807, 2.05) is 32.9 Å². The molecular formula is C28H40INO6. The maximum atomic E-state index is 12.8. The van der Waals surface area contributed by atoms with Crippen LogP contribution in [0, 0.1) is 0 Å². The Labute approximate surface area is 232 Å². The number of carbonyl (C=O) groups excluding carboxylic acids is 1. The van der Waals surface area contributed by atoms with Crippen molar-refractivity contribution in [3.8, 4) is 23.0 Å². The van der Waals surface area contributed by atoms with Gasteiger partial charge in [0.2, 0.25) is 0 Å². The van der Waals surface area contributed by atoms with Crippen molar-refractivity contribution in [2.24, 2.45) is 0 Å². The van der Waals surface area contributed by atoms with Gasteiger partial charge in [-0.25, -0.2) is 0 Å². The lowest BCUT2D eigenvalue weighted by molar-refractivity contribution is -0.155. The van der Waals surface area contributed by atoms with E-state index in [1.54, 1.807) is 28.4 Å². The van der Waals surface area contributed by atoms with E-state index < -0.39 is 11.1 Å². The minimum Gasteiger partial charge on any atom is -0.493 e. The van der Waals surface area contributed by atoms with Gasteiger partial charge in [0.05, 0.1) is 34.0 Å². The van der Waals surface area contributed by atoms with Crippen LogP contribution in [-0.2, 0) is 27.9 Å². The summed E-state index contributed by atoms with van der Waals surface area (Å²) in [5, 5.41) is 0. The van der Waals surface area contributed by atoms with Gasteiger partial charge in [0.25, 0.3) is 0 Å². The van der Waals surface area contributed by atoms with E-state index in [0.717, 1.165) is 24.1 Å². The predicted molar refractivity (Wildman–Crippen MR) is 151 cm³/mol. The highest BCUT2D eigenvalue weighted by molar-refractivity contribution is 14.0. The second-order valence-electron chi connectivity index (χ2n) is 10.0. The fourth-order valence-corrected chi connectivity index (χ4v) is 4.94. The van der Waals surface area contributed by atoms with Crippen molar-refractivity contribution < 1.29 is 28.5 Å². The summed E-state index contributed by atoms with van der Waals surface area (Å²) in [4.78, 5) is 15.1. The van der Waals surface area contributed by atoms with E-state index in [-0.39, 0.29) is 29.9 Å². The molecule has 0 bridgehead atoms. The molecule has 1 atom stereocenters. The Morgan fingerprint density at radius 2 is 1.50 bits per heavy atom. The SMILES string of the molecule is COc1ccc(C[C@]2(CCC(=O)OC(C)(C)C)c3cc(OC)c(OC)cc3CCN2C)cc1OC.I. The predicted octanol–water partition coefficient (Wildman–Crippen LogP) is 5.39. The van der Waals surface area contributed by atoms with Crippen molar-refractivity contribution in [3.05, 3.63) is 47.0 Å². The summed E-state index contributed by atoms with van der Waals surface area (Å²) < 4.78 is 27.9. The van der Waals surface area contributed by atoms with Crippen LogP contribution in [-0.4, -0.2) is 58.5 Å². The molecule has 0 radical (unpaired) electrons. The van der Waals surface area contributed by atoms with Crippen molar-refractivity contribution in [3.63, 3.8) is 0 Å². The number of carbonyl (C=O) groups is 1. The standard InChI is InChI=1S/C28H39NO6.HI/c1-27(2,3)35-26(30)11-13-28(18-19-9-10-22(31-5)23(15-19)32-6)21-17-25(34-8)24(33-7)16-20(21)12-14-29(28)4;/h9-10,15-17H,11-14,18H2,1-8H3;1H/t28-;/m1./s1. The smallest absolute Gasteiger partial charge is 0.306 e. The molecule has 0 amide bonds. The van der Waals surface area contributed by atoms with Gasteiger partial charge in [-0.2, -0.15) is 0 Å². The lowest BCUT2D eigenvalue weighted by Crippen LogP contribution is -2.50. The van der Waals surface area contributed by atoms with Crippen LogP contribution in [0.2, 0.25) is 0 Å². The molecule has 0 aromatic heterocycles. The zero-order valence-corrected chi connectivity index (χ0v) is 25.1. The van der Waals surface area contributed by atoms with Crippen LogP contribution in [0.15, 0.2) is 30.3 Å². The van der Waals surface area contributed by atoms with Crippen LogP contribution >= 0.6 is 24.0 Å². The van der Waals surface area contributed by atoms with Crippen molar-refractivity contribution in [2.45, 2.75) is 57.6 Å². The summed E-state index contributed by atoms with van der Waals surface area (Å²) in [6.45, 7) is 6.53. The summed E-state index contributed by atoms with van der Waals surface area (Å²) >= 11 is 0. The summed E-state index contributed by atoms with van der Waals surface area (Å²) in [6.07, 6.45) is 2.44. The van der Waals surface area contributed by atoms with Crippen molar-refractivity contribution in [2.75, 3.05) is 42.0 Å². The van der Waals surface area contributed by atoms with E-state index in [9.17, 15) is 4.79 Å². The first-order chi connectivity index (χ1) is 16.6. The van der Waals surface area contributed by atoms with Gasteiger partial charge in [0, 0.05) is 13.0 Å². The maximum Gasteiger partial charge on any atom is 0.306 e. The fraction of sp³-hybridized carbons (Fsp3) is 0.536. The number of methoxy groups -OCH3 is 4. The molecule has 0 unspecified atom stereocenters. The highest BCUT2D eigenvalue weighted by atomic mass is 127. The molecule has 2 aromatic rings. The van der Waals surface area contributed by atoms with Crippen LogP contribution in [0.25, 0.3) is 0 Å². The second kappa shape index (κ2) is 12.4. The summed E-state index contributed by atoms with van der Waals surface area (Å²) in [5.74, 6) is 2.55. The van der Waals surface area contributed by atoms with E-state index in [2.05, 4.69) is 30.1 Å². The molecule has 0 aliphatic carbocycles. The maximum absolute atomic E-state index is 12.8. The number of fused-ring (bicyclic) bond motifs is 1. The monoisotopic (exact) mass is 613 g/mol. The zero-order chi connectivity index (χ0) is 25.8. The van der Waals surface area contributed by atoms with Gasteiger partial charge in [0.1, 0.15) is 5.60 Å². The molecule has 0 fully saturated rings. The number of halogens is 1. The lowest BCUT2D eigenvalue weighted by atomic mass is 9.73. The minimum absolute atomic E-state index is 0. The highest BCUT2D eigenvalue weighted by Crippen LogP contribution is 2.46. The Kier molecular flexibility index (Phi) is 10.3. The molecule has 1 aliphatic heterocycles. The van der Waals surface area contributed by atoms with Crippen LogP contribution in [0.3, 0.4) is 0 Å². The third-order valence-electron chi connectivity index (χ3n) is 6.67. The number of benzene rings is 2. The van der Waals surface area contributed by atoms with Gasteiger partial charge < -0.3 is 23.7 Å². The average Bonchev–Trinajstić information content (AvgIpc) is 2.82. The van der Waals surface area contributed by atoms with E-state index in [4.69, 9.17) is 23.7 Å². The highest BCUT2D eigenvalue weighted by Gasteiger charge is 2.42. The van der Waals surface area contributed by atoms with Crippen molar-refractivity contribution in [1.82, 2.24) is 4.90 Å². The first-order valence-corrected chi connectivity index (χ1v) is 12.0. The molecule has 2 aromatic carbocycles. The normalized spacial score (nSPS) is 17.4. The number of ether oxygens (including phenoxy) is 5. The molecule has 0 saturated heterocycles. The van der Waals surface area contributed by atoms with E-state index >= 15 is 0 Å². The number of hydrogen-bond donors (Lipinski definition) is 0. The number of nitrogens with zero attached hydrogens (tertiary/aromatic N) is 1. The lowest BCUT2D eigenvalue weighted by Gasteiger charge is -2.47. The van der Waals surface area contributed by atoms with Gasteiger partial charge in [0.15, 0.2) is 23.0 Å². The molecule has 200 valence electrons. The Morgan fingerprint density at radius 3 is 2.08 bits per heavy atom. The molecule has 7 nitrogen and oxygen atoms in total. The quantitative estimate of drug-likeness (QED) is 0.278. The number of esters is 1. The van der Waals surface area contributed by atoms with E-state index in [1.165, 1.54) is 5.56 Å². The van der Waals surface area contributed by atoms with Crippen LogP contribution in [0.5, 0.6) is 23.0 Å². The van der Waals surface area contributed by atoms with Crippen LogP contribution < -0.4 is 18.9 Å². The number of likely N-dealkylation sites (N-methyl/N-ethyl adjacent to an activating group) is 1. The topological polar surface area (TPSA) is 66.5 Å². The second-order valence-corrected chi connectivity index (χ2v) is 10.0. The molecule has 0 spiro atoms. The molecule has 0 N–H and O–H groups in total. The Morgan fingerprint density at radius 1 is 0.917 bits per heavy atom. The largest absolute Gasteiger partial charge is 0.493 e. The third-order valence-corrected chi connectivity index (χ3v) is 6.67. The fourth-order valence-electron chi connectivity index (χ4n) is 4.94. The van der Waals surface area contributed by atoms with Crippen LogP contribution in [0.4, 0.5) is 0 Å². The number of hydrogen-bond acceptors (Lipinski definition) is 7. The first-order valence-electron chi connectivity index (χ1n) is 12.0. The molecule has 1 aliphatic rings. The molecular weight excluding hydrogens is 573 g/mol. The number of rotatable bonds is 9. The Bertz CT molecular complexity index is 1050. The molecule has 3 rings (SSSR count). The molecule has 0 saturated carbocycles. The zero-order valence-electron chi connectivity index (χ0n) is 22.7. The molecule has 8 heteroatoms. The summed E-state index contributed by atoms with van der Waals surface area (Å²) in [7, 11) is 8.69. The van der Waals surface area contributed by atoms with Crippen LogP contribution in [0.1, 0.15) is 50.3 Å². The molecule has 36 heavy (non-hydrogen) atoms. The Balaban J connectivity index is 0.00000456. The summed E-state index contributed by atoms with van der Waals surface area (Å²) in [5.41, 5.74) is 2.44. The van der Waals surface area contributed by atoms with Gasteiger partial charge in [-0.05, 0) is 88.0 Å². The van der Waals surface area contributed by atoms with E-state index in [0.29, 0.717) is 42.3 Å².